The Balaban J connectivity index is 1.40. The number of anilines is 2. The van der Waals surface area contributed by atoms with Crippen LogP contribution in [-0.2, 0) is 11.3 Å². The summed E-state index contributed by atoms with van der Waals surface area (Å²) in [6, 6.07) is 4.20. The van der Waals surface area contributed by atoms with Crippen molar-refractivity contribution in [1.29, 1.82) is 0 Å². The molecule has 1 aliphatic heterocycles. The van der Waals surface area contributed by atoms with E-state index in [1.165, 1.54) is 6.08 Å². The minimum Gasteiger partial charge on any atom is -0.474 e. The summed E-state index contributed by atoms with van der Waals surface area (Å²) in [5.41, 5.74) is 1.27. The van der Waals surface area contributed by atoms with Crippen LogP contribution < -0.4 is 10.1 Å². The highest BCUT2D eigenvalue weighted by atomic mass is 32.1. The standard InChI is InChI=1S/C26H33N5O2S/c1-5-23(32)31-11-9-26(16-31)8-6-19(13-26)33-24-20-7-10-30(15-17(2)3)21(20)12-22(28-24)29-25-27-14-18(4)34-25/h5,7,10,12,14,17,19H,1,6,8-9,11,13,15-16H2,2-4H3,(H,27,28,29). The Morgan fingerprint density at radius 1 is 1.44 bits per heavy atom. The summed E-state index contributed by atoms with van der Waals surface area (Å²) in [6.45, 7) is 12.7. The molecule has 2 aliphatic rings. The highest BCUT2D eigenvalue weighted by Gasteiger charge is 2.46. The number of amides is 1. The van der Waals surface area contributed by atoms with Gasteiger partial charge in [-0.25, -0.2) is 4.98 Å². The number of carbonyl (C=O) groups excluding carboxylic acids is 1. The van der Waals surface area contributed by atoms with Gasteiger partial charge in [0.1, 0.15) is 11.9 Å². The van der Waals surface area contributed by atoms with Crippen molar-refractivity contribution in [2.45, 2.75) is 59.1 Å². The summed E-state index contributed by atoms with van der Waals surface area (Å²) in [6.07, 6.45) is 9.56. The van der Waals surface area contributed by atoms with Crippen LogP contribution in [0.3, 0.4) is 0 Å². The van der Waals surface area contributed by atoms with Crippen molar-refractivity contribution in [3.8, 4) is 5.88 Å². The average molecular weight is 480 g/mol. The lowest BCUT2D eigenvalue weighted by molar-refractivity contribution is -0.125. The summed E-state index contributed by atoms with van der Waals surface area (Å²) in [7, 11) is 0. The Morgan fingerprint density at radius 3 is 3.03 bits per heavy atom. The van der Waals surface area contributed by atoms with E-state index in [0.29, 0.717) is 11.8 Å². The van der Waals surface area contributed by atoms with Crippen LogP contribution >= 0.6 is 11.3 Å². The number of fused-ring (bicyclic) bond motifs is 1. The van der Waals surface area contributed by atoms with Crippen LogP contribution in [0.25, 0.3) is 10.9 Å². The first-order valence-corrected chi connectivity index (χ1v) is 12.9. The molecule has 0 bridgehead atoms. The number of thiazole rings is 1. The Morgan fingerprint density at radius 2 is 2.29 bits per heavy atom. The van der Waals surface area contributed by atoms with E-state index < -0.39 is 0 Å². The number of hydrogen-bond acceptors (Lipinski definition) is 6. The van der Waals surface area contributed by atoms with E-state index in [-0.39, 0.29) is 17.4 Å². The highest BCUT2D eigenvalue weighted by molar-refractivity contribution is 7.15. The second kappa shape index (κ2) is 9.06. The summed E-state index contributed by atoms with van der Waals surface area (Å²) in [4.78, 5) is 24.5. The Kier molecular flexibility index (Phi) is 6.10. The number of aryl methyl sites for hydroxylation is 1. The average Bonchev–Trinajstić information content (AvgIpc) is 3.58. The van der Waals surface area contributed by atoms with E-state index in [1.54, 1.807) is 11.3 Å². The van der Waals surface area contributed by atoms with Gasteiger partial charge in [-0.15, -0.1) is 11.3 Å². The summed E-state index contributed by atoms with van der Waals surface area (Å²) in [5, 5.41) is 5.24. The van der Waals surface area contributed by atoms with Gasteiger partial charge in [0.15, 0.2) is 5.13 Å². The van der Waals surface area contributed by atoms with Gasteiger partial charge in [-0.1, -0.05) is 20.4 Å². The molecule has 4 heterocycles. The fourth-order valence-electron chi connectivity index (χ4n) is 5.42. The predicted octanol–water partition coefficient (Wildman–Crippen LogP) is 5.54. The lowest BCUT2D eigenvalue weighted by Gasteiger charge is -2.24. The molecule has 5 rings (SSSR count). The fourth-order valence-corrected chi connectivity index (χ4v) is 6.09. The van der Waals surface area contributed by atoms with E-state index in [0.717, 1.165) is 72.0 Å². The first-order valence-electron chi connectivity index (χ1n) is 12.1. The molecule has 0 radical (unpaired) electrons. The SMILES string of the molecule is C=CC(=O)N1CCC2(CCC(Oc3nc(Nc4ncc(C)s4)cc4c3ccn4CC(C)C)C2)C1. The zero-order valence-electron chi connectivity index (χ0n) is 20.2. The summed E-state index contributed by atoms with van der Waals surface area (Å²) in [5.74, 6) is 1.99. The maximum atomic E-state index is 12.1. The molecule has 2 fully saturated rings. The number of ether oxygens (including phenoxy) is 1. The molecule has 1 aliphatic carbocycles. The summed E-state index contributed by atoms with van der Waals surface area (Å²) < 4.78 is 8.87. The lowest BCUT2D eigenvalue weighted by Crippen LogP contribution is -2.30. The van der Waals surface area contributed by atoms with Gasteiger partial charge in [-0.05, 0) is 56.1 Å². The number of pyridine rings is 1. The Bertz CT molecular complexity index is 1220. The molecule has 1 saturated carbocycles. The van der Waals surface area contributed by atoms with Crippen LogP contribution in [0.15, 0.2) is 37.2 Å². The van der Waals surface area contributed by atoms with Gasteiger partial charge >= 0.3 is 0 Å². The lowest BCUT2D eigenvalue weighted by atomic mass is 9.85. The number of aromatic nitrogens is 3. The normalized spacial score (nSPS) is 22.2. The maximum Gasteiger partial charge on any atom is 0.245 e. The first-order chi connectivity index (χ1) is 16.3. The molecule has 1 amide bonds. The topological polar surface area (TPSA) is 72.3 Å². The quantitative estimate of drug-likeness (QED) is 0.451. The van der Waals surface area contributed by atoms with Crippen molar-refractivity contribution in [3.63, 3.8) is 0 Å². The third kappa shape index (κ3) is 4.56. The monoisotopic (exact) mass is 479 g/mol. The molecular formula is C26H33N5O2S. The van der Waals surface area contributed by atoms with Crippen molar-refractivity contribution in [1.82, 2.24) is 19.4 Å². The van der Waals surface area contributed by atoms with Crippen molar-refractivity contribution in [3.05, 3.63) is 42.1 Å². The van der Waals surface area contributed by atoms with Crippen LogP contribution in [0, 0.1) is 18.3 Å². The van der Waals surface area contributed by atoms with Crippen LogP contribution in [-0.4, -0.2) is 44.5 Å². The van der Waals surface area contributed by atoms with E-state index in [2.05, 4.69) is 53.6 Å². The van der Waals surface area contributed by atoms with Gasteiger partial charge in [-0.2, -0.15) is 4.98 Å². The Labute approximate surface area is 204 Å². The molecule has 3 aromatic rings. The van der Waals surface area contributed by atoms with Gasteiger partial charge in [0.25, 0.3) is 0 Å². The molecule has 2 atom stereocenters. The third-order valence-electron chi connectivity index (χ3n) is 7.01. The van der Waals surface area contributed by atoms with Gasteiger partial charge in [-0.3, -0.25) is 4.79 Å². The van der Waals surface area contributed by atoms with E-state index in [9.17, 15) is 4.79 Å². The molecule has 3 aromatic heterocycles. The zero-order chi connectivity index (χ0) is 23.9. The minimum absolute atomic E-state index is 0.0345. The largest absolute Gasteiger partial charge is 0.474 e. The molecule has 1 spiro atoms. The van der Waals surface area contributed by atoms with Gasteiger partial charge < -0.3 is 19.5 Å². The van der Waals surface area contributed by atoms with Crippen molar-refractivity contribution < 1.29 is 9.53 Å². The second-order valence-corrected chi connectivity index (χ2v) is 11.4. The molecule has 0 aromatic carbocycles. The van der Waals surface area contributed by atoms with Crippen molar-refractivity contribution in [2.75, 3.05) is 18.4 Å². The number of rotatable bonds is 7. The van der Waals surface area contributed by atoms with Gasteiger partial charge in [0, 0.05) is 43.0 Å². The minimum atomic E-state index is 0.0345. The fraction of sp³-hybridized carbons (Fsp3) is 0.500. The molecule has 7 nitrogen and oxygen atoms in total. The molecule has 34 heavy (non-hydrogen) atoms. The van der Waals surface area contributed by atoms with Crippen LogP contribution in [0.5, 0.6) is 5.88 Å². The van der Waals surface area contributed by atoms with E-state index in [4.69, 9.17) is 9.72 Å². The molecular weight excluding hydrogens is 446 g/mol. The third-order valence-corrected chi connectivity index (χ3v) is 7.84. The number of likely N-dealkylation sites (tertiary alicyclic amines) is 1. The number of carbonyl (C=O) groups is 1. The Hall–Kier alpha value is -2.87. The molecule has 2 unspecified atom stereocenters. The van der Waals surface area contributed by atoms with E-state index in [1.807, 2.05) is 18.0 Å². The molecule has 180 valence electrons. The molecule has 1 saturated heterocycles. The van der Waals surface area contributed by atoms with Crippen molar-refractivity contribution in [2.24, 2.45) is 11.3 Å². The summed E-state index contributed by atoms with van der Waals surface area (Å²) >= 11 is 1.61. The van der Waals surface area contributed by atoms with Crippen LogP contribution in [0.4, 0.5) is 10.9 Å². The number of nitrogens with zero attached hydrogens (tertiary/aromatic N) is 4. The first kappa shape index (κ1) is 22.9. The van der Waals surface area contributed by atoms with E-state index >= 15 is 0 Å². The van der Waals surface area contributed by atoms with Crippen LogP contribution in [0.1, 0.15) is 44.4 Å². The smallest absolute Gasteiger partial charge is 0.245 e. The second-order valence-electron chi connectivity index (χ2n) is 10.2. The maximum absolute atomic E-state index is 12.1. The van der Waals surface area contributed by atoms with Crippen LogP contribution in [0.2, 0.25) is 0 Å². The predicted molar refractivity (Wildman–Crippen MR) is 137 cm³/mol. The zero-order valence-corrected chi connectivity index (χ0v) is 21.0. The number of hydrogen-bond donors (Lipinski definition) is 1. The highest BCUT2D eigenvalue weighted by Crippen LogP contribution is 2.47. The van der Waals surface area contributed by atoms with Gasteiger partial charge in [0.2, 0.25) is 11.8 Å². The number of nitrogens with one attached hydrogen (secondary N) is 1. The van der Waals surface area contributed by atoms with Gasteiger partial charge in [0.05, 0.1) is 10.9 Å². The molecule has 1 N–H and O–H groups in total. The molecule has 8 heteroatoms. The van der Waals surface area contributed by atoms with Crippen molar-refractivity contribution >= 4 is 39.1 Å².